The summed E-state index contributed by atoms with van der Waals surface area (Å²) in [6, 6.07) is 5.84. The van der Waals surface area contributed by atoms with Crippen LogP contribution in [-0.2, 0) is 25.8 Å². The number of carbonyl (C=O) groups is 3. The number of hydrogen-bond acceptors (Lipinski definition) is 7. The molecule has 42 heavy (non-hydrogen) atoms. The molecule has 2 bridgehead atoms. The fourth-order valence-electron chi connectivity index (χ4n) is 7.44. The van der Waals surface area contributed by atoms with Crippen molar-refractivity contribution in [2.45, 2.75) is 70.0 Å². The predicted molar refractivity (Wildman–Crippen MR) is 157 cm³/mol. The molecule has 3 saturated heterocycles. The minimum absolute atomic E-state index is 0.0828. The Kier molecular flexibility index (Phi) is 8.02. The van der Waals surface area contributed by atoms with Gasteiger partial charge in [-0.25, -0.2) is 4.68 Å². The van der Waals surface area contributed by atoms with Crippen molar-refractivity contribution in [3.05, 3.63) is 49.6 Å². The fourth-order valence-corrected chi connectivity index (χ4v) is 7.44. The summed E-state index contributed by atoms with van der Waals surface area (Å²) < 4.78 is 8.43. The van der Waals surface area contributed by atoms with E-state index in [1.165, 1.54) is 0 Å². The smallest absolute Gasteiger partial charge is 0.250 e. The molecule has 11 heteroatoms. The lowest BCUT2D eigenvalue weighted by molar-refractivity contribution is -0.158. The van der Waals surface area contributed by atoms with Gasteiger partial charge in [-0.15, -0.1) is 18.3 Å². The van der Waals surface area contributed by atoms with Gasteiger partial charge in [0.1, 0.15) is 23.8 Å². The number of hydrogen-bond donors (Lipinski definition) is 1. The molecule has 3 aliphatic rings. The first-order valence-electron chi connectivity index (χ1n) is 14.8. The van der Waals surface area contributed by atoms with E-state index >= 15 is 0 Å². The highest BCUT2D eigenvalue weighted by Crippen LogP contribution is 2.64. The van der Waals surface area contributed by atoms with Crippen LogP contribution in [-0.4, -0.2) is 103 Å². The Morgan fingerprint density at radius 2 is 1.93 bits per heavy atom. The molecule has 1 aromatic heterocycles. The van der Waals surface area contributed by atoms with Crippen molar-refractivity contribution in [1.29, 1.82) is 0 Å². The quantitative estimate of drug-likeness (QED) is 0.384. The zero-order valence-electron chi connectivity index (χ0n) is 25.0. The third kappa shape index (κ3) is 4.44. The number of nitrogens with zero attached hydrogens (tertiary/aromatic N) is 6. The van der Waals surface area contributed by atoms with Crippen molar-refractivity contribution >= 4 is 28.8 Å². The molecule has 7 atom stereocenters. The number of fused-ring (bicyclic) bond motifs is 2. The molecule has 0 saturated carbocycles. The molecule has 0 radical (unpaired) electrons. The predicted octanol–water partition coefficient (Wildman–Crippen LogP) is 2.22. The van der Waals surface area contributed by atoms with Gasteiger partial charge in [-0.3, -0.25) is 14.4 Å². The summed E-state index contributed by atoms with van der Waals surface area (Å²) in [7, 11) is 1.69. The Bertz CT molecular complexity index is 1390. The van der Waals surface area contributed by atoms with Gasteiger partial charge in [0.2, 0.25) is 17.7 Å². The van der Waals surface area contributed by atoms with Gasteiger partial charge >= 0.3 is 0 Å². The Morgan fingerprint density at radius 1 is 1.21 bits per heavy atom. The van der Waals surface area contributed by atoms with E-state index in [0.29, 0.717) is 31.3 Å². The lowest BCUT2D eigenvalue weighted by Crippen LogP contribution is -2.60. The molecular formula is C31H42N6O5. The van der Waals surface area contributed by atoms with Gasteiger partial charge < -0.3 is 24.5 Å². The van der Waals surface area contributed by atoms with Crippen LogP contribution in [0.15, 0.2) is 49.6 Å². The summed E-state index contributed by atoms with van der Waals surface area (Å²) in [5.41, 5.74) is -0.631. The van der Waals surface area contributed by atoms with Crippen molar-refractivity contribution in [3.63, 3.8) is 0 Å². The average Bonchev–Trinajstić information content (AvgIpc) is 3.68. The molecule has 5 rings (SSSR count). The molecule has 4 heterocycles. The Morgan fingerprint density at radius 3 is 2.60 bits per heavy atom. The molecule has 3 amide bonds. The van der Waals surface area contributed by atoms with E-state index in [-0.39, 0.29) is 43.5 Å². The van der Waals surface area contributed by atoms with Crippen molar-refractivity contribution in [3.8, 4) is 0 Å². The maximum atomic E-state index is 14.8. The molecule has 1 aromatic carbocycles. The first-order valence-corrected chi connectivity index (χ1v) is 14.8. The molecule has 226 valence electrons. The number of aliphatic hydroxyl groups excluding tert-OH is 1. The lowest BCUT2D eigenvalue weighted by Gasteiger charge is -2.41. The highest BCUT2D eigenvalue weighted by atomic mass is 16.5. The second kappa shape index (κ2) is 11.3. The third-order valence-corrected chi connectivity index (χ3v) is 9.72. The molecule has 3 aliphatic heterocycles. The Balaban J connectivity index is 1.60. The number of likely N-dealkylation sites (N-methyl/N-ethyl adjacent to an activating group) is 1. The van der Waals surface area contributed by atoms with Gasteiger partial charge in [-0.1, -0.05) is 49.8 Å². The molecule has 1 spiro atoms. The normalized spacial score (nSPS) is 29.4. The number of para-hydroxylation sites is 1. The van der Waals surface area contributed by atoms with E-state index in [4.69, 9.17) is 4.74 Å². The second-order valence-electron chi connectivity index (χ2n) is 12.2. The topological polar surface area (TPSA) is 121 Å². The minimum atomic E-state index is -1.21. The van der Waals surface area contributed by atoms with Crippen LogP contribution in [0.5, 0.6) is 0 Å². The molecule has 11 nitrogen and oxygen atoms in total. The van der Waals surface area contributed by atoms with Gasteiger partial charge in [-0.05, 0) is 37.8 Å². The van der Waals surface area contributed by atoms with E-state index in [9.17, 15) is 19.5 Å². The number of carbonyl (C=O) groups excluding carboxylic acids is 3. The van der Waals surface area contributed by atoms with Crippen LogP contribution in [0.2, 0.25) is 0 Å². The van der Waals surface area contributed by atoms with E-state index in [1.54, 1.807) is 38.6 Å². The summed E-state index contributed by atoms with van der Waals surface area (Å²) in [5, 5.41) is 19.1. The minimum Gasteiger partial charge on any atom is -0.394 e. The molecule has 2 unspecified atom stereocenters. The Labute approximate surface area is 246 Å². The number of rotatable bonds is 12. The Hall–Kier alpha value is -3.57. The summed E-state index contributed by atoms with van der Waals surface area (Å²) >= 11 is 0. The van der Waals surface area contributed by atoms with Gasteiger partial charge in [-0.2, -0.15) is 0 Å². The third-order valence-electron chi connectivity index (χ3n) is 9.72. The zero-order valence-corrected chi connectivity index (χ0v) is 25.0. The first-order chi connectivity index (χ1) is 20.1. The van der Waals surface area contributed by atoms with Crippen LogP contribution in [0.3, 0.4) is 0 Å². The summed E-state index contributed by atoms with van der Waals surface area (Å²) in [6.45, 7) is 13.8. The van der Waals surface area contributed by atoms with E-state index in [0.717, 1.165) is 5.52 Å². The average molecular weight is 579 g/mol. The number of amides is 3. The van der Waals surface area contributed by atoms with Gasteiger partial charge in [0.05, 0.1) is 35.6 Å². The van der Waals surface area contributed by atoms with E-state index in [2.05, 4.69) is 23.5 Å². The maximum absolute atomic E-state index is 14.8. The van der Waals surface area contributed by atoms with Crippen molar-refractivity contribution in [2.24, 2.45) is 17.8 Å². The SMILES string of the molecule is C=CCN(C)C(=O)[C@H]1[C@H]2C(=O)N([C@@H](CO)[C@@H](C)CC)C(C(=O)N(CC=C)Cn3nnc4ccccc43)C23CC[C@]1(C)O3. The standard InChI is InChI=1S/C31H42N6O5/c1-7-16-34(6)27(39)24-25-28(40)37(23(18-38)20(4)9-3)26(31(25)15-14-30(24,5)42-31)29(41)35(17-8-2)19-36-22-13-11-10-12-21(22)32-33-36/h7-8,10-13,20,23-26,38H,1-2,9,14-19H2,3-6H3/t20-,23-,24+,25-,26?,30-,31?/m0/s1. The highest BCUT2D eigenvalue weighted by Gasteiger charge is 2.79. The van der Waals surface area contributed by atoms with Crippen LogP contribution in [0, 0.1) is 17.8 Å². The number of benzene rings is 1. The lowest BCUT2D eigenvalue weighted by atomic mass is 9.66. The van der Waals surface area contributed by atoms with Gasteiger partial charge in [0.25, 0.3) is 0 Å². The van der Waals surface area contributed by atoms with E-state index in [1.807, 2.05) is 45.0 Å². The van der Waals surface area contributed by atoms with Crippen molar-refractivity contribution in [1.82, 2.24) is 29.7 Å². The molecule has 1 N–H and O–H groups in total. The van der Waals surface area contributed by atoms with E-state index < -0.39 is 35.1 Å². The second-order valence-corrected chi connectivity index (χ2v) is 12.2. The number of likely N-dealkylation sites (tertiary alicyclic amines) is 1. The van der Waals surface area contributed by atoms with Crippen LogP contribution in [0.1, 0.15) is 40.0 Å². The van der Waals surface area contributed by atoms with Crippen LogP contribution < -0.4 is 0 Å². The number of aromatic nitrogens is 3. The summed E-state index contributed by atoms with van der Waals surface area (Å²) in [4.78, 5) is 47.9. The monoisotopic (exact) mass is 578 g/mol. The highest BCUT2D eigenvalue weighted by molar-refractivity contribution is 5.99. The number of ether oxygens (including phenoxy) is 1. The molecule has 0 aliphatic carbocycles. The zero-order chi connectivity index (χ0) is 30.4. The van der Waals surface area contributed by atoms with Crippen molar-refractivity contribution < 1.29 is 24.2 Å². The summed E-state index contributed by atoms with van der Waals surface area (Å²) in [6.07, 6.45) is 4.96. The van der Waals surface area contributed by atoms with Crippen molar-refractivity contribution in [2.75, 3.05) is 26.7 Å². The van der Waals surface area contributed by atoms with Crippen LogP contribution >= 0.6 is 0 Å². The largest absolute Gasteiger partial charge is 0.394 e. The number of aliphatic hydroxyl groups is 1. The first kappa shape index (κ1) is 29.9. The van der Waals surface area contributed by atoms with Crippen LogP contribution in [0.25, 0.3) is 11.0 Å². The van der Waals surface area contributed by atoms with Crippen LogP contribution in [0.4, 0.5) is 0 Å². The van der Waals surface area contributed by atoms with Gasteiger partial charge in [0.15, 0.2) is 0 Å². The maximum Gasteiger partial charge on any atom is 0.250 e. The summed E-state index contributed by atoms with van der Waals surface area (Å²) in [5.74, 6) is -2.54. The molecule has 2 aromatic rings. The molecule has 3 fully saturated rings. The molecular weight excluding hydrogens is 536 g/mol. The van der Waals surface area contributed by atoms with Gasteiger partial charge in [0, 0.05) is 20.1 Å². The fraction of sp³-hybridized carbons (Fsp3) is 0.581.